The van der Waals surface area contributed by atoms with Crippen molar-refractivity contribution >= 4 is 17.9 Å². The predicted molar refractivity (Wildman–Crippen MR) is 130 cm³/mol. The zero-order chi connectivity index (χ0) is 25.3. The standard InChI is InChI=1S/C26H35N3O5/c1-6-29(24(32)21(17-30)28-25(33)34-26(3,4)5)22(20-14-10-11-18(2)15-20)23(31)27-16-19-12-8-7-9-13-19/h7-15,21-22,30H,6,16-17H2,1-5H3,(H,27,31)(H,28,33). The summed E-state index contributed by atoms with van der Waals surface area (Å²) in [6, 6.07) is 14.6. The lowest BCUT2D eigenvalue weighted by molar-refractivity contribution is -0.143. The molecule has 3 amide bonds. The number of hydrogen-bond donors (Lipinski definition) is 3. The number of carbonyl (C=O) groups is 3. The molecule has 0 saturated heterocycles. The maximum Gasteiger partial charge on any atom is 0.408 e. The summed E-state index contributed by atoms with van der Waals surface area (Å²) in [4.78, 5) is 40.4. The summed E-state index contributed by atoms with van der Waals surface area (Å²) in [7, 11) is 0. The number of benzene rings is 2. The van der Waals surface area contributed by atoms with Crippen molar-refractivity contribution in [3.05, 3.63) is 71.3 Å². The number of ether oxygens (including phenoxy) is 1. The van der Waals surface area contributed by atoms with Crippen LogP contribution in [0.25, 0.3) is 0 Å². The number of hydrogen-bond acceptors (Lipinski definition) is 5. The van der Waals surface area contributed by atoms with Crippen molar-refractivity contribution in [2.75, 3.05) is 13.2 Å². The molecule has 0 aromatic heterocycles. The molecular formula is C26H35N3O5. The zero-order valence-electron chi connectivity index (χ0n) is 20.5. The average Bonchev–Trinajstić information content (AvgIpc) is 2.78. The molecule has 0 radical (unpaired) electrons. The molecule has 184 valence electrons. The summed E-state index contributed by atoms with van der Waals surface area (Å²) in [5.74, 6) is -0.948. The molecule has 0 aliphatic rings. The fraction of sp³-hybridized carbons (Fsp3) is 0.423. The average molecular weight is 470 g/mol. The van der Waals surface area contributed by atoms with Gasteiger partial charge in [0.25, 0.3) is 0 Å². The van der Waals surface area contributed by atoms with Crippen LogP contribution in [0.5, 0.6) is 0 Å². The Balaban J connectivity index is 2.31. The van der Waals surface area contributed by atoms with Crippen molar-refractivity contribution < 1.29 is 24.2 Å². The van der Waals surface area contributed by atoms with Crippen LogP contribution >= 0.6 is 0 Å². The molecule has 2 unspecified atom stereocenters. The van der Waals surface area contributed by atoms with Crippen molar-refractivity contribution in [1.82, 2.24) is 15.5 Å². The predicted octanol–water partition coefficient (Wildman–Crippen LogP) is 3.09. The van der Waals surface area contributed by atoms with Crippen LogP contribution in [0.15, 0.2) is 54.6 Å². The van der Waals surface area contributed by atoms with E-state index in [1.807, 2.05) is 55.5 Å². The lowest BCUT2D eigenvalue weighted by Gasteiger charge is -2.33. The Morgan fingerprint density at radius 3 is 2.29 bits per heavy atom. The molecule has 2 aromatic rings. The third-order valence-electron chi connectivity index (χ3n) is 5.02. The molecule has 0 bridgehead atoms. The molecular weight excluding hydrogens is 434 g/mol. The van der Waals surface area contributed by atoms with E-state index in [2.05, 4.69) is 10.6 Å². The van der Waals surface area contributed by atoms with Gasteiger partial charge in [-0.3, -0.25) is 9.59 Å². The number of aliphatic hydroxyl groups is 1. The molecule has 2 aromatic carbocycles. The molecule has 3 N–H and O–H groups in total. The molecule has 0 fully saturated rings. The van der Waals surface area contributed by atoms with Gasteiger partial charge in [-0.15, -0.1) is 0 Å². The van der Waals surface area contributed by atoms with Gasteiger partial charge >= 0.3 is 6.09 Å². The van der Waals surface area contributed by atoms with E-state index in [0.717, 1.165) is 11.1 Å². The van der Waals surface area contributed by atoms with Gasteiger partial charge in [0, 0.05) is 13.1 Å². The number of amides is 3. The molecule has 0 aliphatic heterocycles. The van der Waals surface area contributed by atoms with E-state index in [1.165, 1.54) is 4.90 Å². The van der Waals surface area contributed by atoms with Crippen LogP contribution < -0.4 is 10.6 Å². The highest BCUT2D eigenvalue weighted by molar-refractivity contribution is 5.92. The van der Waals surface area contributed by atoms with E-state index >= 15 is 0 Å². The number of aliphatic hydroxyl groups excluding tert-OH is 1. The number of carbonyl (C=O) groups excluding carboxylic acids is 3. The number of nitrogens with zero attached hydrogens (tertiary/aromatic N) is 1. The fourth-order valence-electron chi connectivity index (χ4n) is 3.50. The van der Waals surface area contributed by atoms with E-state index in [0.29, 0.717) is 12.1 Å². The summed E-state index contributed by atoms with van der Waals surface area (Å²) >= 11 is 0. The van der Waals surface area contributed by atoms with Crippen LogP contribution in [0, 0.1) is 6.92 Å². The highest BCUT2D eigenvalue weighted by Crippen LogP contribution is 2.23. The van der Waals surface area contributed by atoms with E-state index in [9.17, 15) is 19.5 Å². The van der Waals surface area contributed by atoms with Gasteiger partial charge in [0.2, 0.25) is 11.8 Å². The first-order valence-electron chi connectivity index (χ1n) is 11.3. The lowest BCUT2D eigenvalue weighted by atomic mass is 10.0. The smallest absolute Gasteiger partial charge is 0.408 e. The Kier molecular flexibility index (Phi) is 9.62. The summed E-state index contributed by atoms with van der Waals surface area (Å²) in [6.07, 6.45) is -0.823. The first-order valence-corrected chi connectivity index (χ1v) is 11.3. The third-order valence-corrected chi connectivity index (χ3v) is 5.02. The Bertz CT molecular complexity index is 972. The van der Waals surface area contributed by atoms with Crippen LogP contribution in [0.2, 0.25) is 0 Å². The minimum absolute atomic E-state index is 0.183. The number of likely N-dealkylation sites (N-methyl/N-ethyl adjacent to an activating group) is 1. The molecule has 8 nitrogen and oxygen atoms in total. The highest BCUT2D eigenvalue weighted by Gasteiger charge is 2.35. The Labute approximate surface area is 201 Å². The zero-order valence-corrected chi connectivity index (χ0v) is 20.5. The van der Waals surface area contributed by atoms with Crippen LogP contribution in [0.4, 0.5) is 4.79 Å². The van der Waals surface area contributed by atoms with Crippen LogP contribution in [0.1, 0.15) is 50.4 Å². The molecule has 0 spiro atoms. The molecule has 2 rings (SSSR count). The van der Waals surface area contributed by atoms with Gasteiger partial charge < -0.3 is 25.4 Å². The molecule has 0 heterocycles. The molecule has 34 heavy (non-hydrogen) atoms. The number of aryl methyl sites for hydroxylation is 1. The van der Waals surface area contributed by atoms with Crippen molar-refractivity contribution in [1.29, 1.82) is 0 Å². The second-order valence-corrected chi connectivity index (χ2v) is 9.03. The van der Waals surface area contributed by atoms with Crippen molar-refractivity contribution in [2.24, 2.45) is 0 Å². The second kappa shape index (κ2) is 12.2. The minimum Gasteiger partial charge on any atom is -0.444 e. The first kappa shape index (κ1) is 26.9. The van der Waals surface area contributed by atoms with E-state index in [4.69, 9.17) is 4.74 Å². The van der Waals surface area contributed by atoms with E-state index < -0.39 is 36.3 Å². The lowest BCUT2D eigenvalue weighted by Crippen LogP contribution is -2.54. The van der Waals surface area contributed by atoms with Crippen molar-refractivity contribution in [3.63, 3.8) is 0 Å². The highest BCUT2D eigenvalue weighted by atomic mass is 16.6. The first-order chi connectivity index (χ1) is 16.1. The third kappa shape index (κ3) is 7.88. The summed E-state index contributed by atoms with van der Waals surface area (Å²) in [6.45, 7) is 8.59. The molecule has 2 atom stereocenters. The van der Waals surface area contributed by atoms with Gasteiger partial charge in [0.15, 0.2) is 0 Å². The van der Waals surface area contributed by atoms with Crippen LogP contribution in [-0.2, 0) is 20.9 Å². The van der Waals surface area contributed by atoms with Crippen LogP contribution in [-0.4, -0.2) is 52.7 Å². The maximum absolute atomic E-state index is 13.4. The SMILES string of the molecule is CCN(C(=O)C(CO)NC(=O)OC(C)(C)C)C(C(=O)NCc1ccccc1)c1cccc(C)c1. The van der Waals surface area contributed by atoms with Crippen molar-refractivity contribution in [3.8, 4) is 0 Å². The van der Waals surface area contributed by atoms with Gasteiger partial charge in [-0.05, 0) is 45.7 Å². The Morgan fingerprint density at radius 1 is 1.06 bits per heavy atom. The van der Waals surface area contributed by atoms with Gasteiger partial charge in [0.05, 0.1) is 6.61 Å². The van der Waals surface area contributed by atoms with Gasteiger partial charge in [0.1, 0.15) is 17.7 Å². The maximum atomic E-state index is 13.4. The number of nitrogens with one attached hydrogen (secondary N) is 2. The second-order valence-electron chi connectivity index (χ2n) is 9.03. The minimum atomic E-state index is -1.26. The number of rotatable bonds is 9. The van der Waals surface area contributed by atoms with Crippen molar-refractivity contribution in [2.45, 2.75) is 58.8 Å². The Morgan fingerprint density at radius 2 is 1.74 bits per heavy atom. The molecule has 0 aliphatic carbocycles. The summed E-state index contributed by atoms with van der Waals surface area (Å²) in [5, 5.41) is 15.2. The fourth-order valence-corrected chi connectivity index (χ4v) is 3.50. The molecule has 8 heteroatoms. The van der Waals surface area contributed by atoms with Gasteiger partial charge in [-0.1, -0.05) is 60.2 Å². The normalized spacial score (nSPS) is 12.9. The van der Waals surface area contributed by atoms with E-state index in [-0.39, 0.29) is 12.5 Å². The summed E-state index contributed by atoms with van der Waals surface area (Å²) in [5.41, 5.74) is 1.73. The Hall–Kier alpha value is -3.39. The topological polar surface area (TPSA) is 108 Å². The largest absolute Gasteiger partial charge is 0.444 e. The molecule has 0 saturated carbocycles. The summed E-state index contributed by atoms with van der Waals surface area (Å²) < 4.78 is 5.22. The van der Waals surface area contributed by atoms with E-state index in [1.54, 1.807) is 33.8 Å². The van der Waals surface area contributed by atoms with Gasteiger partial charge in [-0.2, -0.15) is 0 Å². The quantitative estimate of drug-likeness (QED) is 0.523. The van der Waals surface area contributed by atoms with Gasteiger partial charge in [-0.25, -0.2) is 4.79 Å². The van der Waals surface area contributed by atoms with Crippen LogP contribution in [0.3, 0.4) is 0 Å². The monoisotopic (exact) mass is 469 g/mol. The number of alkyl carbamates (subject to hydrolysis) is 1.